The first-order chi connectivity index (χ1) is 8.47. The van der Waals surface area contributed by atoms with E-state index in [9.17, 15) is 14.4 Å². The SMILES string of the molecule is CC1CCC(C(=O)N2CC(=O)NC(=O)C2)CC1N. The molecule has 1 saturated carbocycles. The summed E-state index contributed by atoms with van der Waals surface area (Å²) in [4.78, 5) is 36.1. The van der Waals surface area contributed by atoms with Crippen LogP contribution in [0.3, 0.4) is 0 Å². The van der Waals surface area contributed by atoms with E-state index in [1.54, 1.807) is 0 Å². The van der Waals surface area contributed by atoms with E-state index in [4.69, 9.17) is 5.73 Å². The molecule has 3 atom stereocenters. The Kier molecular flexibility index (Phi) is 3.65. The number of hydrogen-bond acceptors (Lipinski definition) is 4. The summed E-state index contributed by atoms with van der Waals surface area (Å²) >= 11 is 0. The summed E-state index contributed by atoms with van der Waals surface area (Å²) in [7, 11) is 0. The van der Waals surface area contributed by atoms with Gasteiger partial charge < -0.3 is 10.6 Å². The molecule has 0 spiro atoms. The normalized spacial score (nSPS) is 33.2. The fraction of sp³-hybridized carbons (Fsp3) is 0.750. The van der Waals surface area contributed by atoms with Crippen molar-refractivity contribution in [1.82, 2.24) is 10.2 Å². The van der Waals surface area contributed by atoms with Crippen molar-refractivity contribution in [3.8, 4) is 0 Å². The molecule has 1 heterocycles. The molecule has 100 valence electrons. The van der Waals surface area contributed by atoms with Crippen LogP contribution >= 0.6 is 0 Å². The summed E-state index contributed by atoms with van der Waals surface area (Å²) in [5.41, 5.74) is 5.97. The minimum Gasteiger partial charge on any atom is -0.327 e. The lowest BCUT2D eigenvalue weighted by molar-refractivity contribution is -0.148. The van der Waals surface area contributed by atoms with Gasteiger partial charge in [0.2, 0.25) is 17.7 Å². The van der Waals surface area contributed by atoms with Crippen molar-refractivity contribution < 1.29 is 14.4 Å². The van der Waals surface area contributed by atoms with Crippen LogP contribution in [0.25, 0.3) is 0 Å². The molecule has 3 unspecified atom stereocenters. The lowest BCUT2D eigenvalue weighted by atomic mass is 9.79. The highest BCUT2D eigenvalue weighted by atomic mass is 16.2. The van der Waals surface area contributed by atoms with E-state index in [2.05, 4.69) is 12.2 Å². The van der Waals surface area contributed by atoms with Gasteiger partial charge in [-0.25, -0.2) is 0 Å². The smallest absolute Gasteiger partial charge is 0.246 e. The first kappa shape index (κ1) is 13.0. The van der Waals surface area contributed by atoms with Crippen molar-refractivity contribution in [2.45, 2.75) is 32.2 Å². The van der Waals surface area contributed by atoms with Gasteiger partial charge in [-0.2, -0.15) is 0 Å². The molecule has 6 heteroatoms. The van der Waals surface area contributed by atoms with E-state index >= 15 is 0 Å². The van der Waals surface area contributed by atoms with Gasteiger partial charge >= 0.3 is 0 Å². The summed E-state index contributed by atoms with van der Waals surface area (Å²) in [6.07, 6.45) is 2.36. The van der Waals surface area contributed by atoms with E-state index in [-0.39, 0.29) is 31.0 Å². The molecule has 3 amide bonds. The number of nitrogens with two attached hydrogens (primary N) is 1. The Morgan fingerprint density at radius 3 is 2.44 bits per heavy atom. The van der Waals surface area contributed by atoms with Crippen molar-refractivity contribution in [2.75, 3.05) is 13.1 Å². The zero-order valence-electron chi connectivity index (χ0n) is 10.5. The third-order valence-electron chi connectivity index (χ3n) is 3.87. The van der Waals surface area contributed by atoms with Crippen molar-refractivity contribution in [1.29, 1.82) is 0 Å². The van der Waals surface area contributed by atoms with Gasteiger partial charge in [-0.05, 0) is 25.2 Å². The van der Waals surface area contributed by atoms with Crippen LogP contribution in [0.5, 0.6) is 0 Å². The second-order valence-electron chi connectivity index (χ2n) is 5.32. The molecule has 2 fully saturated rings. The van der Waals surface area contributed by atoms with Crippen LogP contribution in [0, 0.1) is 11.8 Å². The Bertz CT molecular complexity index is 367. The molecule has 2 rings (SSSR count). The van der Waals surface area contributed by atoms with E-state index in [1.807, 2.05) is 0 Å². The molecule has 0 aromatic carbocycles. The highest BCUT2D eigenvalue weighted by Gasteiger charge is 2.35. The van der Waals surface area contributed by atoms with Crippen LogP contribution in [-0.4, -0.2) is 41.8 Å². The zero-order chi connectivity index (χ0) is 13.3. The van der Waals surface area contributed by atoms with E-state index < -0.39 is 11.8 Å². The van der Waals surface area contributed by atoms with Crippen LogP contribution in [0.15, 0.2) is 0 Å². The van der Waals surface area contributed by atoms with Gasteiger partial charge in [0.1, 0.15) is 13.1 Å². The van der Waals surface area contributed by atoms with Gasteiger partial charge in [-0.1, -0.05) is 6.92 Å². The molecule has 0 radical (unpaired) electrons. The van der Waals surface area contributed by atoms with Crippen molar-refractivity contribution in [3.05, 3.63) is 0 Å². The predicted molar refractivity (Wildman–Crippen MR) is 64.2 cm³/mol. The van der Waals surface area contributed by atoms with E-state index in [0.29, 0.717) is 12.3 Å². The second kappa shape index (κ2) is 5.06. The average molecular weight is 253 g/mol. The summed E-state index contributed by atoms with van der Waals surface area (Å²) < 4.78 is 0. The highest BCUT2D eigenvalue weighted by molar-refractivity contribution is 6.02. The Labute approximate surface area is 106 Å². The molecular formula is C12H19N3O3. The number of rotatable bonds is 1. The molecule has 1 saturated heterocycles. The summed E-state index contributed by atoms with van der Waals surface area (Å²) in [6.45, 7) is 2.04. The molecule has 0 aromatic heterocycles. The minimum atomic E-state index is -0.409. The molecular weight excluding hydrogens is 234 g/mol. The minimum absolute atomic E-state index is 0.0220. The van der Waals surface area contributed by atoms with Gasteiger partial charge in [0.25, 0.3) is 0 Å². The number of nitrogens with one attached hydrogen (secondary N) is 1. The maximum absolute atomic E-state index is 12.2. The average Bonchev–Trinajstić information content (AvgIpc) is 2.30. The monoisotopic (exact) mass is 253 g/mol. The van der Waals surface area contributed by atoms with Gasteiger partial charge in [0.15, 0.2) is 0 Å². The number of hydrogen-bond donors (Lipinski definition) is 2. The predicted octanol–water partition coefficient (Wildman–Crippen LogP) is -0.765. The molecule has 6 nitrogen and oxygen atoms in total. The number of carbonyl (C=O) groups is 3. The molecule has 0 bridgehead atoms. The number of piperazine rings is 1. The lowest BCUT2D eigenvalue weighted by Crippen LogP contribution is -2.55. The zero-order valence-corrected chi connectivity index (χ0v) is 10.5. The number of amides is 3. The number of nitrogens with zero attached hydrogens (tertiary/aromatic N) is 1. The molecule has 3 N–H and O–H groups in total. The fourth-order valence-corrected chi connectivity index (χ4v) is 2.63. The van der Waals surface area contributed by atoms with Crippen molar-refractivity contribution in [2.24, 2.45) is 17.6 Å². The number of carbonyl (C=O) groups excluding carboxylic acids is 3. The van der Waals surface area contributed by atoms with Crippen molar-refractivity contribution >= 4 is 17.7 Å². The van der Waals surface area contributed by atoms with Gasteiger partial charge in [-0.15, -0.1) is 0 Å². The lowest BCUT2D eigenvalue weighted by Gasteiger charge is -2.35. The Morgan fingerprint density at radius 2 is 1.89 bits per heavy atom. The van der Waals surface area contributed by atoms with Gasteiger partial charge in [-0.3, -0.25) is 19.7 Å². The summed E-state index contributed by atoms with van der Waals surface area (Å²) in [6, 6.07) is 0.0296. The highest BCUT2D eigenvalue weighted by Crippen LogP contribution is 2.29. The maximum Gasteiger partial charge on any atom is 0.246 e. The molecule has 2 aliphatic rings. The van der Waals surface area contributed by atoms with Gasteiger partial charge in [0, 0.05) is 12.0 Å². The fourth-order valence-electron chi connectivity index (χ4n) is 2.63. The van der Waals surface area contributed by atoms with Crippen LogP contribution in [0.1, 0.15) is 26.2 Å². The standard InChI is InChI=1S/C12H19N3O3/c1-7-2-3-8(4-9(7)13)12(18)15-5-10(16)14-11(17)6-15/h7-9H,2-6,13H2,1H3,(H,14,16,17). The summed E-state index contributed by atoms with van der Waals surface area (Å²) in [5.74, 6) is -0.642. The molecule has 0 aromatic rings. The number of imide groups is 1. The largest absolute Gasteiger partial charge is 0.327 e. The maximum atomic E-state index is 12.2. The third kappa shape index (κ3) is 2.69. The Morgan fingerprint density at radius 1 is 1.28 bits per heavy atom. The topological polar surface area (TPSA) is 92.5 Å². The van der Waals surface area contributed by atoms with Gasteiger partial charge in [0.05, 0.1) is 0 Å². The molecule has 18 heavy (non-hydrogen) atoms. The van der Waals surface area contributed by atoms with Crippen LogP contribution < -0.4 is 11.1 Å². The third-order valence-corrected chi connectivity index (χ3v) is 3.87. The van der Waals surface area contributed by atoms with E-state index in [1.165, 1.54) is 4.90 Å². The summed E-state index contributed by atoms with van der Waals surface area (Å²) in [5, 5.41) is 2.19. The second-order valence-corrected chi connectivity index (χ2v) is 5.32. The van der Waals surface area contributed by atoms with Crippen LogP contribution in [-0.2, 0) is 14.4 Å². The first-order valence-electron chi connectivity index (χ1n) is 6.34. The first-order valence-corrected chi connectivity index (χ1v) is 6.34. The Balaban J connectivity index is 1.98. The molecule has 1 aliphatic carbocycles. The Hall–Kier alpha value is -1.43. The van der Waals surface area contributed by atoms with Crippen LogP contribution in [0.4, 0.5) is 0 Å². The van der Waals surface area contributed by atoms with Crippen LogP contribution in [0.2, 0.25) is 0 Å². The van der Waals surface area contributed by atoms with Crippen molar-refractivity contribution in [3.63, 3.8) is 0 Å². The molecule has 1 aliphatic heterocycles. The van der Waals surface area contributed by atoms with E-state index in [0.717, 1.165) is 12.8 Å². The quantitative estimate of drug-likeness (QED) is 0.600.